The molecule has 1 saturated heterocycles. The van der Waals surface area contributed by atoms with Crippen molar-refractivity contribution in [1.29, 1.82) is 0 Å². The van der Waals surface area contributed by atoms with Crippen molar-refractivity contribution in [3.8, 4) is 16.9 Å². The van der Waals surface area contributed by atoms with E-state index >= 15 is 0 Å². The summed E-state index contributed by atoms with van der Waals surface area (Å²) in [7, 11) is 1.61. The van der Waals surface area contributed by atoms with Crippen LogP contribution in [0.4, 0.5) is 11.6 Å². The molecular formula is C23H26N6O3. The van der Waals surface area contributed by atoms with Crippen LogP contribution in [-0.4, -0.2) is 59.1 Å². The number of aromatic nitrogens is 3. The van der Waals surface area contributed by atoms with Crippen LogP contribution in [-0.2, 0) is 9.53 Å². The van der Waals surface area contributed by atoms with Gasteiger partial charge in [0.15, 0.2) is 0 Å². The molecule has 1 aliphatic heterocycles. The summed E-state index contributed by atoms with van der Waals surface area (Å²) in [6, 6.07) is 11.2. The van der Waals surface area contributed by atoms with Gasteiger partial charge in [0, 0.05) is 42.4 Å². The number of nitrogen functional groups attached to an aromatic ring is 1. The quantitative estimate of drug-likeness (QED) is 0.608. The standard InChI is InChI=1S/C23H26N6O3/c1-15-9-16(17-11-25-23(24)26-12-17)10-20(27-15)21-13-29(7-8-32-21)14-22(30)28-18-3-5-19(31-2)6-4-18/h3-6,9-12,21H,7-8,13-14H2,1-2H3,(H,28,30)(H2,24,25,26). The average Bonchev–Trinajstić information content (AvgIpc) is 2.80. The fourth-order valence-corrected chi connectivity index (χ4v) is 3.62. The first-order valence-corrected chi connectivity index (χ1v) is 10.3. The van der Waals surface area contributed by atoms with E-state index in [1.165, 1.54) is 0 Å². The first-order chi connectivity index (χ1) is 15.5. The Morgan fingerprint density at radius 2 is 1.97 bits per heavy atom. The molecule has 1 aromatic carbocycles. The average molecular weight is 435 g/mol. The summed E-state index contributed by atoms with van der Waals surface area (Å²) in [5.41, 5.74) is 9.83. The molecule has 1 unspecified atom stereocenters. The van der Waals surface area contributed by atoms with Crippen LogP contribution in [0.25, 0.3) is 11.1 Å². The molecule has 3 N–H and O–H groups in total. The van der Waals surface area contributed by atoms with Gasteiger partial charge in [-0.25, -0.2) is 9.97 Å². The van der Waals surface area contributed by atoms with Crippen molar-refractivity contribution in [2.24, 2.45) is 0 Å². The third-order valence-corrected chi connectivity index (χ3v) is 5.20. The molecule has 4 rings (SSSR count). The third kappa shape index (κ3) is 5.37. The Kier molecular flexibility index (Phi) is 6.58. The largest absolute Gasteiger partial charge is 0.497 e. The molecular weight excluding hydrogens is 408 g/mol. The number of nitrogens with two attached hydrogens (primary N) is 1. The van der Waals surface area contributed by atoms with Gasteiger partial charge in [-0.15, -0.1) is 0 Å². The third-order valence-electron chi connectivity index (χ3n) is 5.20. The molecule has 1 fully saturated rings. The molecule has 2 aromatic heterocycles. The van der Waals surface area contributed by atoms with E-state index in [-0.39, 0.29) is 24.5 Å². The van der Waals surface area contributed by atoms with E-state index in [0.717, 1.165) is 34.0 Å². The molecule has 0 bridgehead atoms. The second-order valence-corrected chi connectivity index (χ2v) is 7.62. The lowest BCUT2D eigenvalue weighted by molar-refractivity contribution is -0.119. The summed E-state index contributed by atoms with van der Waals surface area (Å²) in [6.45, 7) is 3.99. The number of hydrogen-bond acceptors (Lipinski definition) is 8. The second-order valence-electron chi connectivity index (χ2n) is 7.62. The zero-order chi connectivity index (χ0) is 22.5. The highest BCUT2D eigenvalue weighted by Crippen LogP contribution is 2.26. The van der Waals surface area contributed by atoms with E-state index in [2.05, 4.69) is 25.2 Å². The highest BCUT2D eigenvalue weighted by molar-refractivity contribution is 5.92. The monoisotopic (exact) mass is 434 g/mol. The summed E-state index contributed by atoms with van der Waals surface area (Å²) in [5.74, 6) is 0.904. The Bertz CT molecular complexity index is 1070. The molecule has 1 atom stereocenters. The molecule has 1 aliphatic rings. The van der Waals surface area contributed by atoms with Crippen LogP contribution in [0.1, 0.15) is 17.5 Å². The zero-order valence-electron chi connectivity index (χ0n) is 18.1. The molecule has 0 aliphatic carbocycles. The number of hydrogen-bond donors (Lipinski definition) is 2. The predicted octanol–water partition coefficient (Wildman–Crippen LogP) is 2.45. The van der Waals surface area contributed by atoms with Gasteiger partial charge in [-0.2, -0.15) is 0 Å². The molecule has 0 radical (unpaired) electrons. The van der Waals surface area contributed by atoms with Crippen molar-refractivity contribution in [3.05, 3.63) is 60.2 Å². The minimum Gasteiger partial charge on any atom is -0.497 e. The molecule has 32 heavy (non-hydrogen) atoms. The van der Waals surface area contributed by atoms with Crippen LogP contribution in [0.3, 0.4) is 0 Å². The van der Waals surface area contributed by atoms with E-state index < -0.39 is 0 Å². The summed E-state index contributed by atoms with van der Waals surface area (Å²) in [4.78, 5) is 27.4. The smallest absolute Gasteiger partial charge is 0.238 e. The lowest BCUT2D eigenvalue weighted by Gasteiger charge is -2.32. The summed E-state index contributed by atoms with van der Waals surface area (Å²) < 4.78 is 11.1. The van der Waals surface area contributed by atoms with Gasteiger partial charge in [0.05, 0.1) is 26.0 Å². The van der Waals surface area contributed by atoms with Gasteiger partial charge in [0.25, 0.3) is 0 Å². The summed E-state index contributed by atoms with van der Waals surface area (Å²) in [5, 5.41) is 2.92. The van der Waals surface area contributed by atoms with Crippen molar-refractivity contribution < 1.29 is 14.3 Å². The first kappa shape index (κ1) is 21.7. The van der Waals surface area contributed by atoms with Crippen molar-refractivity contribution in [3.63, 3.8) is 0 Å². The number of aryl methyl sites for hydroxylation is 1. The summed E-state index contributed by atoms with van der Waals surface area (Å²) >= 11 is 0. The number of carbonyl (C=O) groups excluding carboxylic acids is 1. The van der Waals surface area contributed by atoms with Gasteiger partial charge in [0.1, 0.15) is 11.9 Å². The number of anilines is 2. The van der Waals surface area contributed by atoms with Crippen LogP contribution in [0, 0.1) is 6.92 Å². The minimum absolute atomic E-state index is 0.0762. The van der Waals surface area contributed by atoms with Gasteiger partial charge in [-0.3, -0.25) is 14.7 Å². The minimum atomic E-state index is -0.231. The van der Waals surface area contributed by atoms with E-state index in [4.69, 9.17) is 15.2 Å². The molecule has 0 saturated carbocycles. The number of amides is 1. The van der Waals surface area contributed by atoms with Crippen molar-refractivity contribution >= 4 is 17.5 Å². The molecule has 9 nitrogen and oxygen atoms in total. The number of methoxy groups -OCH3 is 1. The maximum Gasteiger partial charge on any atom is 0.238 e. The summed E-state index contributed by atoms with van der Waals surface area (Å²) in [6.07, 6.45) is 3.16. The number of nitrogens with one attached hydrogen (secondary N) is 1. The molecule has 166 valence electrons. The number of ether oxygens (including phenoxy) is 2. The van der Waals surface area contributed by atoms with E-state index in [1.54, 1.807) is 19.5 Å². The Labute approximate surface area is 186 Å². The lowest BCUT2D eigenvalue weighted by Crippen LogP contribution is -2.42. The van der Waals surface area contributed by atoms with Crippen molar-refractivity contribution in [2.75, 3.05) is 44.4 Å². The first-order valence-electron chi connectivity index (χ1n) is 10.3. The fraction of sp³-hybridized carbons (Fsp3) is 0.304. The molecule has 3 aromatic rings. The topological polar surface area (TPSA) is 115 Å². The number of carbonyl (C=O) groups is 1. The highest BCUT2D eigenvalue weighted by atomic mass is 16.5. The predicted molar refractivity (Wildman–Crippen MR) is 121 cm³/mol. The zero-order valence-corrected chi connectivity index (χ0v) is 18.1. The number of nitrogens with zero attached hydrogens (tertiary/aromatic N) is 4. The molecule has 3 heterocycles. The van der Waals surface area contributed by atoms with Crippen LogP contribution < -0.4 is 15.8 Å². The van der Waals surface area contributed by atoms with Crippen LogP contribution in [0.2, 0.25) is 0 Å². The number of morpholine rings is 1. The SMILES string of the molecule is COc1ccc(NC(=O)CN2CCOC(c3cc(-c4cnc(N)nc4)cc(C)n3)C2)cc1. The normalized spacial score (nSPS) is 16.5. The van der Waals surface area contributed by atoms with Gasteiger partial charge in [-0.1, -0.05) is 0 Å². The van der Waals surface area contributed by atoms with Crippen LogP contribution >= 0.6 is 0 Å². The molecule has 9 heteroatoms. The lowest BCUT2D eigenvalue weighted by atomic mass is 10.1. The van der Waals surface area contributed by atoms with E-state index in [9.17, 15) is 4.79 Å². The second kappa shape index (κ2) is 9.71. The highest BCUT2D eigenvalue weighted by Gasteiger charge is 2.25. The van der Waals surface area contributed by atoms with E-state index in [0.29, 0.717) is 19.7 Å². The Balaban J connectivity index is 1.42. The Morgan fingerprint density at radius 3 is 2.69 bits per heavy atom. The van der Waals surface area contributed by atoms with E-state index in [1.807, 2.05) is 43.3 Å². The number of rotatable bonds is 6. The van der Waals surface area contributed by atoms with Crippen LogP contribution in [0.15, 0.2) is 48.8 Å². The van der Waals surface area contributed by atoms with Gasteiger partial charge in [-0.05, 0) is 48.9 Å². The van der Waals surface area contributed by atoms with Crippen molar-refractivity contribution in [2.45, 2.75) is 13.0 Å². The maximum absolute atomic E-state index is 12.5. The molecule has 0 spiro atoms. The fourth-order valence-electron chi connectivity index (χ4n) is 3.62. The Hall–Kier alpha value is -3.56. The van der Waals surface area contributed by atoms with Crippen molar-refractivity contribution in [1.82, 2.24) is 19.9 Å². The number of benzene rings is 1. The van der Waals surface area contributed by atoms with Crippen LogP contribution in [0.5, 0.6) is 5.75 Å². The van der Waals surface area contributed by atoms with Gasteiger partial charge < -0.3 is 20.5 Å². The maximum atomic E-state index is 12.5. The molecule has 1 amide bonds. The number of pyridine rings is 1. The van der Waals surface area contributed by atoms with Gasteiger partial charge in [0.2, 0.25) is 11.9 Å². The Morgan fingerprint density at radius 1 is 1.22 bits per heavy atom. The van der Waals surface area contributed by atoms with Gasteiger partial charge >= 0.3 is 0 Å².